The van der Waals surface area contributed by atoms with Gasteiger partial charge in [0.15, 0.2) is 0 Å². The fourth-order valence-electron chi connectivity index (χ4n) is 2.05. The van der Waals surface area contributed by atoms with Gasteiger partial charge in [0, 0.05) is 6.04 Å². The number of carbonyl (C=O) groups excluding carboxylic acids is 1. The number of hydrogen-bond acceptors (Lipinski definition) is 5. The third kappa shape index (κ3) is 2.90. The predicted molar refractivity (Wildman–Crippen MR) is 65.5 cm³/mol. The fraction of sp³-hybridized carbons (Fsp3) is 0.636. The van der Waals surface area contributed by atoms with Gasteiger partial charge in [0.05, 0.1) is 24.2 Å². The number of nitro groups is 1. The Bertz CT molecular complexity index is 481. The molecule has 1 aromatic heterocycles. The number of hydrogen-bond donors (Lipinski definition) is 0. The Labute approximate surface area is 110 Å². The first kappa shape index (κ1) is 13.5. The Morgan fingerprint density at radius 1 is 1.68 bits per heavy atom. The minimum Gasteiger partial charge on any atom is -0.377 e. The van der Waals surface area contributed by atoms with E-state index in [4.69, 9.17) is 4.74 Å². The van der Waals surface area contributed by atoms with Crippen LogP contribution in [-0.4, -0.2) is 50.8 Å². The van der Waals surface area contributed by atoms with E-state index in [-0.39, 0.29) is 30.2 Å². The fourth-order valence-corrected chi connectivity index (χ4v) is 2.05. The Morgan fingerprint density at radius 3 is 2.79 bits per heavy atom. The van der Waals surface area contributed by atoms with Gasteiger partial charge in [-0.2, -0.15) is 5.10 Å². The smallest absolute Gasteiger partial charge is 0.307 e. The van der Waals surface area contributed by atoms with Crippen LogP contribution in [-0.2, 0) is 16.1 Å². The maximum Gasteiger partial charge on any atom is 0.307 e. The third-order valence-electron chi connectivity index (χ3n) is 2.99. The predicted octanol–water partition coefficient (Wildman–Crippen LogP) is 0.427. The zero-order valence-corrected chi connectivity index (χ0v) is 10.9. The van der Waals surface area contributed by atoms with Crippen molar-refractivity contribution in [3.8, 4) is 0 Å². The maximum absolute atomic E-state index is 12.2. The summed E-state index contributed by atoms with van der Waals surface area (Å²) in [7, 11) is 0. The van der Waals surface area contributed by atoms with Crippen LogP contribution in [0, 0.1) is 10.1 Å². The van der Waals surface area contributed by atoms with Gasteiger partial charge in [0.25, 0.3) is 0 Å². The molecule has 1 aromatic rings. The zero-order valence-electron chi connectivity index (χ0n) is 10.9. The second-order valence-corrected chi connectivity index (χ2v) is 4.74. The summed E-state index contributed by atoms with van der Waals surface area (Å²) in [5.74, 6) is -0.110. The van der Waals surface area contributed by atoms with Gasteiger partial charge in [0.2, 0.25) is 5.91 Å². The van der Waals surface area contributed by atoms with E-state index in [9.17, 15) is 14.9 Å². The van der Waals surface area contributed by atoms with Crippen LogP contribution in [0.2, 0.25) is 0 Å². The molecule has 104 valence electrons. The molecule has 0 aromatic carbocycles. The normalized spacial score (nSPS) is 15.3. The van der Waals surface area contributed by atoms with E-state index in [2.05, 4.69) is 5.10 Å². The van der Waals surface area contributed by atoms with E-state index in [1.165, 1.54) is 10.9 Å². The van der Waals surface area contributed by atoms with E-state index >= 15 is 0 Å². The number of ether oxygens (including phenoxy) is 1. The Morgan fingerprint density at radius 2 is 2.37 bits per heavy atom. The topological polar surface area (TPSA) is 90.5 Å². The molecule has 8 heteroatoms. The molecule has 0 aliphatic carbocycles. The highest BCUT2D eigenvalue weighted by atomic mass is 16.6. The molecular weight excluding hydrogens is 252 g/mol. The van der Waals surface area contributed by atoms with Crippen LogP contribution in [0.25, 0.3) is 0 Å². The number of rotatable bonds is 5. The molecule has 2 heterocycles. The van der Waals surface area contributed by atoms with Crippen LogP contribution >= 0.6 is 0 Å². The molecule has 8 nitrogen and oxygen atoms in total. The van der Waals surface area contributed by atoms with Crippen LogP contribution in [0.15, 0.2) is 12.4 Å². The van der Waals surface area contributed by atoms with Crippen LogP contribution < -0.4 is 0 Å². The number of carbonyl (C=O) groups is 1. The van der Waals surface area contributed by atoms with E-state index in [0.29, 0.717) is 13.2 Å². The minimum absolute atomic E-state index is 0.00250. The molecule has 1 aliphatic rings. The van der Waals surface area contributed by atoms with Gasteiger partial charge in [0.1, 0.15) is 18.9 Å². The standard InChI is InChI=1S/C11H16N4O4/c1-8(2)14(10-6-19-7-10)11(16)5-13-4-9(3-12-13)15(17)18/h3-4,8,10H,5-7H2,1-2H3. The van der Waals surface area contributed by atoms with Crippen molar-refractivity contribution in [2.45, 2.75) is 32.5 Å². The minimum atomic E-state index is -0.534. The zero-order chi connectivity index (χ0) is 14.0. The largest absolute Gasteiger partial charge is 0.377 e. The summed E-state index contributed by atoms with van der Waals surface area (Å²) in [6.45, 7) is 4.96. The molecule has 0 N–H and O–H groups in total. The average Bonchev–Trinajstić information content (AvgIpc) is 2.70. The van der Waals surface area contributed by atoms with Gasteiger partial charge in [-0.05, 0) is 13.8 Å². The van der Waals surface area contributed by atoms with Crippen molar-refractivity contribution in [1.29, 1.82) is 0 Å². The molecule has 0 spiro atoms. The molecular formula is C11H16N4O4. The van der Waals surface area contributed by atoms with Crippen molar-refractivity contribution in [3.63, 3.8) is 0 Å². The van der Waals surface area contributed by atoms with Gasteiger partial charge in [-0.3, -0.25) is 19.6 Å². The van der Waals surface area contributed by atoms with Crippen molar-refractivity contribution >= 4 is 11.6 Å². The lowest BCUT2D eigenvalue weighted by Crippen LogP contribution is -2.55. The highest BCUT2D eigenvalue weighted by Crippen LogP contribution is 2.15. The van der Waals surface area contributed by atoms with Gasteiger partial charge in [-0.15, -0.1) is 0 Å². The first-order valence-electron chi connectivity index (χ1n) is 6.04. The molecule has 1 fully saturated rings. The first-order valence-corrected chi connectivity index (χ1v) is 6.04. The SMILES string of the molecule is CC(C)N(C(=O)Cn1cc([N+](=O)[O-])cn1)C1COC1. The number of amides is 1. The lowest BCUT2D eigenvalue weighted by molar-refractivity contribution is -0.385. The Balaban J connectivity index is 2.03. The molecule has 0 atom stereocenters. The second-order valence-electron chi connectivity index (χ2n) is 4.74. The van der Waals surface area contributed by atoms with Crippen LogP contribution in [0.1, 0.15) is 13.8 Å². The monoisotopic (exact) mass is 268 g/mol. The highest BCUT2D eigenvalue weighted by molar-refractivity contribution is 5.76. The first-order chi connectivity index (χ1) is 8.99. The molecule has 2 rings (SSSR count). The maximum atomic E-state index is 12.2. The second kappa shape index (κ2) is 5.35. The molecule has 1 saturated heterocycles. The molecule has 19 heavy (non-hydrogen) atoms. The van der Waals surface area contributed by atoms with Crippen molar-refractivity contribution in [3.05, 3.63) is 22.5 Å². The van der Waals surface area contributed by atoms with Crippen molar-refractivity contribution in [1.82, 2.24) is 14.7 Å². The van der Waals surface area contributed by atoms with E-state index in [1.54, 1.807) is 4.90 Å². The average molecular weight is 268 g/mol. The summed E-state index contributed by atoms with van der Waals surface area (Å²) in [4.78, 5) is 24.0. The Hall–Kier alpha value is -1.96. The molecule has 0 bridgehead atoms. The van der Waals surface area contributed by atoms with Crippen LogP contribution in [0.4, 0.5) is 5.69 Å². The third-order valence-corrected chi connectivity index (χ3v) is 2.99. The molecule has 1 amide bonds. The summed E-state index contributed by atoms with van der Waals surface area (Å²) in [5.41, 5.74) is -0.115. The summed E-state index contributed by atoms with van der Waals surface area (Å²) >= 11 is 0. The van der Waals surface area contributed by atoms with Crippen LogP contribution in [0.5, 0.6) is 0 Å². The lowest BCUT2D eigenvalue weighted by atomic mass is 10.1. The lowest BCUT2D eigenvalue weighted by Gasteiger charge is -2.39. The van der Waals surface area contributed by atoms with Crippen molar-refractivity contribution in [2.75, 3.05) is 13.2 Å². The van der Waals surface area contributed by atoms with E-state index in [1.807, 2.05) is 13.8 Å². The van der Waals surface area contributed by atoms with Gasteiger partial charge in [-0.1, -0.05) is 0 Å². The summed E-state index contributed by atoms with van der Waals surface area (Å²) in [6, 6.07) is 0.157. The molecule has 0 saturated carbocycles. The van der Waals surface area contributed by atoms with Crippen molar-refractivity contribution < 1.29 is 14.5 Å². The molecule has 1 aliphatic heterocycles. The van der Waals surface area contributed by atoms with E-state index in [0.717, 1.165) is 6.20 Å². The number of nitrogens with zero attached hydrogens (tertiary/aromatic N) is 4. The van der Waals surface area contributed by atoms with Gasteiger partial charge >= 0.3 is 5.69 Å². The molecule has 0 unspecified atom stereocenters. The summed E-state index contributed by atoms with van der Waals surface area (Å²) in [5, 5.41) is 14.4. The Kier molecular flexibility index (Phi) is 3.79. The van der Waals surface area contributed by atoms with Gasteiger partial charge < -0.3 is 9.64 Å². The van der Waals surface area contributed by atoms with Gasteiger partial charge in [-0.25, -0.2) is 0 Å². The quantitative estimate of drug-likeness (QED) is 0.570. The van der Waals surface area contributed by atoms with E-state index < -0.39 is 4.92 Å². The molecule has 0 radical (unpaired) electrons. The summed E-state index contributed by atoms with van der Waals surface area (Å²) in [6.07, 6.45) is 2.40. The summed E-state index contributed by atoms with van der Waals surface area (Å²) < 4.78 is 6.38. The van der Waals surface area contributed by atoms with Crippen LogP contribution in [0.3, 0.4) is 0 Å². The van der Waals surface area contributed by atoms with Crippen molar-refractivity contribution in [2.24, 2.45) is 0 Å². The highest BCUT2D eigenvalue weighted by Gasteiger charge is 2.31. The number of aromatic nitrogens is 2.